The summed E-state index contributed by atoms with van der Waals surface area (Å²) in [5.41, 5.74) is 10.7. The van der Waals surface area contributed by atoms with E-state index in [1.165, 1.54) is 11.1 Å². The molecule has 2 N–H and O–H groups in total. The van der Waals surface area contributed by atoms with E-state index >= 15 is 0 Å². The summed E-state index contributed by atoms with van der Waals surface area (Å²) < 4.78 is 6.25. The van der Waals surface area contributed by atoms with Gasteiger partial charge >= 0.3 is 0 Å². The molecule has 3 heteroatoms. The largest absolute Gasteiger partial charge is 0.493 e. The van der Waals surface area contributed by atoms with E-state index in [4.69, 9.17) is 23.1 Å². The smallest absolute Gasteiger partial charge is 0.123 e. The van der Waals surface area contributed by atoms with Crippen LogP contribution in [0.1, 0.15) is 83.9 Å². The fraction of sp³-hybridized carbons (Fsp3) is 0.500. The minimum absolute atomic E-state index is 0.0804. The third-order valence-corrected chi connectivity index (χ3v) is 6.67. The number of rotatable bonds is 10. The van der Waals surface area contributed by atoms with E-state index in [2.05, 4.69) is 66.2 Å². The zero-order chi connectivity index (χ0) is 21.7. The van der Waals surface area contributed by atoms with Crippen LogP contribution in [-0.4, -0.2) is 6.61 Å². The van der Waals surface area contributed by atoms with Gasteiger partial charge in [0.05, 0.1) is 6.61 Å². The molecule has 2 aromatic carbocycles. The van der Waals surface area contributed by atoms with Crippen molar-refractivity contribution in [2.24, 2.45) is 0 Å². The van der Waals surface area contributed by atoms with Crippen molar-refractivity contribution in [2.75, 3.05) is 12.3 Å². The molecule has 0 bridgehead atoms. The molecule has 0 amide bonds. The minimum atomic E-state index is 0.0804. The van der Waals surface area contributed by atoms with Gasteiger partial charge in [0.1, 0.15) is 5.75 Å². The Hall–Kier alpha value is -1.74. The van der Waals surface area contributed by atoms with Gasteiger partial charge in [0.15, 0.2) is 0 Å². The van der Waals surface area contributed by atoms with Crippen LogP contribution >= 0.6 is 12.6 Å². The molecule has 0 fully saturated rings. The van der Waals surface area contributed by atoms with Crippen LogP contribution in [0.2, 0.25) is 0 Å². The predicted molar refractivity (Wildman–Crippen MR) is 128 cm³/mol. The Morgan fingerprint density at radius 1 is 1.00 bits per heavy atom. The summed E-state index contributed by atoms with van der Waals surface area (Å²) >= 11 is 5.38. The van der Waals surface area contributed by atoms with Gasteiger partial charge < -0.3 is 10.5 Å². The fourth-order valence-corrected chi connectivity index (χ4v) is 3.57. The zero-order valence-electron chi connectivity index (χ0n) is 19.0. The van der Waals surface area contributed by atoms with Gasteiger partial charge in [-0.15, -0.1) is 0 Å². The molecule has 0 aromatic heterocycles. The van der Waals surface area contributed by atoms with Crippen molar-refractivity contribution in [1.29, 1.82) is 0 Å². The maximum absolute atomic E-state index is 6.25. The van der Waals surface area contributed by atoms with Gasteiger partial charge in [0.2, 0.25) is 0 Å². The fourth-order valence-electron chi connectivity index (χ4n) is 3.29. The van der Waals surface area contributed by atoms with E-state index in [-0.39, 0.29) is 10.8 Å². The summed E-state index contributed by atoms with van der Waals surface area (Å²) in [6.07, 6.45) is 6.14. The summed E-state index contributed by atoms with van der Waals surface area (Å²) in [6.45, 7) is 14.4. The Morgan fingerprint density at radius 2 is 1.69 bits per heavy atom. The van der Waals surface area contributed by atoms with Gasteiger partial charge in [-0.05, 0) is 72.3 Å². The number of nitrogen functional groups attached to an aromatic ring is 1. The SMILES string of the molecule is CCC(C)(C)c1ccc(OCCC[CH]c2c(N)cccc2[S])c(C(C)(C)CC)c1. The van der Waals surface area contributed by atoms with Gasteiger partial charge in [-0.2, -0.15) is 0 Å². The molecule has 0 saturated carbocycles. The number of hydrogen-bond acceptors (Lipinski definition) is 2. The predicted octanol–water partition coefficient (Wildman–Crippen LogP) is 7.61. The number of unbranched alkanes of at least 4 members (excludes halogenated alkanes) is 1. The molecule has 2 nitrogen and oxygen atoms in total. The van der Waals surface area contributed by atoms with Crippen LogP contribution in [-0.2, 0) is 10.8 Å². The quantitative estimate of drug-likeness (QED) is 0.322. The third-order valence-electron chi connectivity index (χ3n) is 6.31. The van der Waals surface area contributed by atoms with E-state index < -0.39 is 0 Å². The summed E-state index contributed by atoms with van der Waals surface area (Å²) in [7, 11) is 0. The van der Waals surface area contributed by atoms with Crippen molar-refractivity contribution in [2.45, 2.75) is 83.0 Å². The Morgan fingerprint density at radius 3 is 2.31 bits per heavy atom. The van der Waals surface area contributed by atoms with Gasteiger partial charge in [-0.1, -0.05) is 72.4 Å². The van der Waals surface area contributed by atoms with Crippen LogP contribution in [0.15, 0.2) is 41.3 Å². The van der Waals surface area contributed by atoms with Crippen molar-refractivity contribution in [3.8, 4) is 5.75 Å². The lowest BCUT2D eigenvalue weighted by Crippen LogP contribution is -2.21. The molecule has 0 spiro atoms. The molecule has 0 aliphatic carbocycles. The monoisotopic (exact) mass is 411 g/mol. The first kappa shape index (κ1) is 23.5. The number of anilines is 1. The molecule has 0 aliphatic rings. The lowest BCUT2D eigenvalue weighted by Gasteiger charge is -2.30. The highest BCUT2D eigenvalue weighted by molar-refractivity contribution is 7.80. The molecule has 0 unspecified atom stereocenters. The van der Waals surface area contributed by atoms with Crippen LogP contribution in [0.3, 0.4) is 0 Å². The van der Waals surface area contributed by atoms with E-state index in [1.807, 2.05) is 18.2 Å². The van der Waals surface area contributed by atoms with Gasteiger partial charge in [-0.3, -0.25) is 0 Å². The zero-order valence-corrected chi connectivity index (χ0v) is 19.8. The molecule has 0 saturated heterocycles. The van der Waals surface area contributed by atoms with Gasteiger partial charge in [-0.25, -0.2) is 0 Å². The molecule has 0 atom stereocenters. The van der Waals surface area contributed by atoms with Gasteiger partial charge in [0.25, 0.3) is 0 Å². The third kappa shape index (κ3) is 5.88. The average molecular weight is 412 g/mol. The van der Waals surface area contributed by atoms with Crippen molar-refractivity contribution < 1.29 is 4.74 Å². The molecule has 0 aliphatic heterocycles. The van der Waals surface area contributed by atoms with Crippen LogP contribution in [0.25, 0.3) is 0 Å². The van der Waals surface area contributed by atoms with Crippen molar-refractivity contribution in [3.05, 3.63) is 59.5 Å². The first-order chi connectivity index (χ1) is 13.6. The molecular formula is C26H37NOS. The van der Waals surface area contributed by atoms with Crippen molar-refractivity contribution in [3.63, 3.8) is 0 Å². The highest BCUT2D eigenvalue weighted by Crippen LogP contribution is 2.38. The molecule has 158 valence electrons. The van der Waals surface area contributed by atoms with E-state index in [9.17, 15) is 0 Å². The molecule has 2 aromatic rings. The Labute approximate surface area is 183 Å². The minimum Gasteiger partial charge on any atom is -0.493 e. The lowest BCUT2D eigenvalue weighted by atomic mass is 9.76. The summed E-state index contributed by atoms with van der Waals surface area (Å²) in [6, 6.07) is 12.5. The van der Waals surface area contributed by atoms with E-state index in [0.717, 1.165) is 47.6 Å². The average Bonchev–Trinajstić information content (AvgIpc) is 2.69. The maximum Gasteiger partial charge on any atom is 0.123 e. The van der Waals surface area contributed by atoms with E-state index in [1.54, 1.807) is 0 Å². The van der Waals surface area contributed by atoms with Crippen LogP contribution in [0.5, 0.6) is 5.75 Å². The van der Waals surface area contributed by atoms with Crippen LogP contribution in [0, 0.1) is 6.42 Å². The highest BCUT2D eigenvalue weighted by Gasteiger charge is 2.26. The highest BCUT2D eigenvalue weighted by atomic mass is 32.1. The molecule has 0 heterocycles. The maximum atomic E-state index is 6.25. The number of nitrogens with two attached hydrogens (primary N) is 1. The van der Waals surface area contributed by atoms with Crippen LogP contribution < -0.4 is 10.5 Å². The second-order valence-electron chi connectivity index (χ2n) is 9.14. The second kappa shape index (κ2) is 9.84. The first-order valence-corrected chi connectivity index (χ1v) is 11.2. The topological polar surface area (TPSA) is 35.2 Å². The lowest BCUT2D eigenvalue weighted by molar-refractivity contribution is 0.299. The molecule has 2 radical (unpaired) electrons. The summed E-state index contributed by atoms with van der Waals surface area (Å²) in [5.74, 6) is 1.01. The van der Waals surface area contributed by atoms with Crippen LogP contribution in [0.4, 0.5) is 5.69 Å². The number of hydrogen-bond donors (Lipinski definition) is 1. The number of ether oxygens (including phenoxy) is 1. The molecular weight excluding hydrogens is 374 g/mol. The standard InChI is InChI=1S/C26H37NOS/c1-7-25(3,4)19-15-16-23(21(18-19)26(5,6)8-2)28-17-10-9-12-20-22(27)13-11-14-24(20)29/h11-16,18H,7-10,17,27H2,1-6H3. The Balaban J connectivity index is 2.06. The molecule has 2 rings (SSSR count). The second-order valence-corrected chi connectivity index (χ2v) is 9.58. The first-order valence-electron chi connectivity index (χ1n) is 10.8. The van der Waals surface area contributed by atoms with Gasteiger partial charge in [0, 0.05) is 16.1 Å². The summed E-state index contributed by atoms with van der Waals surface area (Å²) in [5, 5.41) is 0. The normalized spacial score (nSPS) is 12.2. The van der Waals surface area contributed by atoms with E-state index in [0.29, 0.717) is 6.61 Å². The Bertz CT molecular complexity index is 790. The number of benzene rings is 2. The molecule has 29 heavy (non-hydrogen) atoms. The summed E-state index contributed by atoms with van der Waals surface area (Å²) in [4.78, 5) is 0.812. The Kier molecular flexibility index (Phi) is 7.99. The van der Waals surface area contributed by atoms with Crippen molar-refractivity contribution in [1.82, 2.24) is 0 Å². The van der Waals surface area contributed by atoms with Crippen molar-refractivity contribution >= 4 is 18.3 Å².